The maximum atomic E-state index is 12.5. The van der Waals surface area contributed by atoms with E-state index in [1.54, 1.807) is 0 Å². The number of nitrogens with zero attached hydrogens (tertiary/aromatic N) is 1. The second-order valence-electron chi connectivity index (χ2n) is 16.3. The van der Waals surface area contributed by atoms with Crippen LogP contribution in [-0.4, -0.2) is 88.9 Å². The topological polar surface area (TPSA) is 97.4 Å². The van der Waals surface area contributed by atoms with Gasteiger partial charge in [-0.25, -0.2) is 0 Å². The Hall–Kier alpha value is -1.71. The number of quaternary nitrogens is 1. The molecule has 0 aromatic heterocycles. The van der Waals surface area contributed by atoms with E-state index < -0.39 is 12.2 Å². The van der Waals surface area contributed by atoms with Crippen LogP contribution in [0, 0.1) is 0 Å². The first-order valence-corrected chi connectivity index (χ1v) is 22.1. The zero-order valence-electron chi connectivity index (χ0n) is 35.7. The number of carbonyl (C=O) groups excluding carboxylic acids is 3. The van der Waals surface area contributed by atoms with Crippen molar-refractivity contribution < 1.29 is 42.6 Å². The van der Waals surface area contributed by atoms with E-state index in [2.05, 4.69) is 13.8 Å². The van der Waals surface area contributed by atoms with Gasteiger partial charge in [0.1, 0.15) is 32.7 Å². The van der Waals surface area contributed by atoms with Gasteiger partial charge in [-0.2, -0.15) is 0 Å². The Morgan fingerprint density at radius 2 is 0.811 bits per heavy atom. The quantitative estimate of drug-likeness (QED) is 0.0200. The van der Waals surface area contributed by atoms with Crippen molar-refractivity contribution in [3.8, 4) is 0 Å². The highest BCUT2D eigenvalue weighted by Gasteiger charge is 2.22. The van der Waals surface area contributed by atoms with Crippen LogP contribution in [0.1, 0.15) is 201 Å². The molecule has 0 fully saturated rings. The summed E-state index contributed by atoms with van der Waals surface area (Å²) in [6.45, 7) is 6.51. The number of likely N-dealkylation sites (N-methyl/N-ethyl adjacent to an activating group) is 1. The van der Waals surface area contributed by atoms with E-state index in [4.69, 9.17) is 23.7 Å². The minimum atomic E-state index is -0.647. The third-order valence-corrected chi connectivity index (χ3v) is 9.60. The van der Waals surface area contributed by atoms with E-state index in [0.29, 0.717) is 23.9 Å². The number of carbonyl (C=O) groups is 3. The largest absolute Gasteiger partial charge is 0.463 e. The van der Waals surface area contributed by atoms with Gasteiger partial charge in [0, 0.05) is 19.8 Å². The Morgan fingerprint density at radius 1 is 0.472 bits per heavy atom. The average molecular weight is 757 g/mol. The Kier molecular flexibility index (Phi) is 36.0. The van der Waals surface area contributed by atoms with Gasteiger partial charge in [-0.1, -0.05) is 168 Å². The summed E-state index contributed by atoms with van der Waals surface area (Å²) in [4.78, 5) is 36.6. The third kappa shape index (κ3) is 39.8. The fraction of sp³-hybridized carbons (Fsp3) is 0.932. The summed E-state index contributed by atoms with van der Waals surface area (Å²) < 4.78 is 28.7. The average Bonchev–Trinajstić information content (AvgIpc) is 3.10. The first-order valence-electron chi connectivity index (χ1n) is 22.1. The molecule has 0 aromatic carbocycles. The fourth-order valence-electron chi connectivity index (χ4n) is 6.53. The Labute approximate surface area is 326 Å². The van der Waals surface area contributed by atoms with Crippen molar-refractivity contribution in [1.82, 2.24) is 0 Å². The van der Waals surface area contributed by atoms with Crippen LogP contribution in [0.3, 0.4) is 0 Å². The van der Waals surface area contributed by atoms with E-state index in [9.17, 15) is 14.4 Å². The van der Waals surface area contributed by atoms with Gasteiger partial charge in [-0.05, 0) is 12.8 Å². The Balaban J connectivity index is 4.42. The lowest BCUT2D eigenvalue weighted by molar-refractivity contribution is -0.873. The molecule has 53 heavy (non-hydrogen) atoms. The lowest BCUT2D eigenvalue weighted by Gasteiger charge is -2.28. The molecule has 0 rings (SSSR count). The molecule has 0 aromatic rings. The molecule has 0 N–H and O–H groups in total. The van der Waals surface area contributed by atoms with Gasteiger partial charge < -0.3 is 28.2 Å². The molecule has 1 atom stereocenters. The summed E-state index contributed by atoms with van der Waals surface area (Å²) in [5.41, 5.74) is 0. The molecule has 0 heterocycles. The second-order valence-corrected chi connectivity index (χ2v) is 16.3. The number of esters is 3. The molecule has 0 aliphatic carbocycles. The monoisotopic (exact) mass is 757 g/mol. The van der Waals surface area contributed by atoms with Gasteiger partial charge in [0.2, 0.25) is 0 Å². The molecule has 0 radical (unpaired) electrons. The van der Waals surface area contributed by atoms with Crippen molar-refractivity contribution in [2.45, 2.75) is 213 Å². The smallest absolute Gasteiger partial charge is 0.305 e. The molecule has 1 unspecified atom stereocenters. The molecule has 0 aliphatic rings. The molecule has 0 spiro atoms. The third-order valence-electron chi connectivity index (χ3n) is 9.60. The maximum absolute atomic E-state index is 12.5. The zero-order chi connectivity index (χ0) is 39.3. The number of hydrogen-bond donors (Lipinski definition) is 0. The molecule has 0 saturated heterocycles. The summed E-state index contributed by atoms with van der Waals surface area (Å²) in [5, 5.41) is 0. The molecule has 0 aliphatic heterocycles. The van der Waals surface area contributed by atoms with Crippen LogP contribution in [0.4, 0.5) is 0 Å². The van der Waals surface area contributed by atoms with Crippen molar-refractivity contribution in [2.24, 2.45) is 0 Å². The van der Waals surface area contributed by atoms with Crippen molar-refractivity contribution in [3.05, 3.63) is 0 Å². The molecular weight excluding hydrogens is 670 g/mol. The Bertz CT molecular complexity index is 800. The van der Waals surface area contributed by atoms with Crippen molar-refractivity contribution >= 4 is 17.9 Å². The van der Waals surface area contributed by atoms with Crippen LogP contribution in [0.2, 0.25) is 0 Å². The van der Waals surface area contributed by atoms with Gasteiger partial charge in [0.05, 0.1) is 27.7 Å². The SMILES string of the molecule is CCCCCCCCCCCCCCCC(=O)OCC(COC(=O)CCCCCCCCCCCCCCC)OCOCC(C[N+](C)(C)C)OC(C)=O. The maximum Gasteiger partial charge on any atom is 0.305 e. The molecular formula is C44H86NO8+. The van der Waals surface area contributed by atoms with E-state index in [0.717, 1.165) is 38.5 Å². The van der Waals surface area contributed by atoms with Gasteiger partial charge >= 0.3 is 17.9 Å². The molecule has 0 bridgehead atoms. The van der Waals surface area contributed by atoms with Crippen LogP contribution < -0.4 is 0 Å². The number of unbranched alkanes of at least 4 members (excludes halogenated alkanes) is 24. The summed E-state index contributed by atoms with van der Waals surface area (Å²) in [5.74, 6) is -0.894. The fourth-order valence-corrected chi connectivity index (χ4v) is 6.53. The Morgan fingerprint density at radius 3 is 1.13 bits per heavy atom. The van der Waals surface area contributed by atoms with Crippen molar-refractivity contribution in [2.75, 3.05) is 54.3 Å². The standard InChI is InChI=1S/C44H86NO8/c1-7-9-11-13-15-17-19-21-23-25-27-29-31-33-43(47)50-37-42(52-39-49-36-41(53-40(3)46)35-45(4,5)6)38-51-44(48)34-32-30-28-26-24-22-20-18-16-14-12-10-8-2/h41-42H,7-39H2,1-6H3/q+1. The van der Waals surface area contributed by atoms with E-state index in [-0.39, 0.29) is 44.5 Å². The molecule has 314 valence electrons. The minimum Gasteiger partial charge on any atom is -0.463 e. The van der Waals surface area contributed by atoms with Crippen LogP contribution in [-0.2, 0) is 38.1 Å². The predicted molar refractivity (Wildman–Crippen MR) is 217 cm³/mol. The van der Waals surface area contributed by atoms with Crippen LogP contribution in [0.15, 0.2) is 0 Å². The summed E-state index contributed by atoms with van der Waals surface area (Å²) in [7, 11) is 6.05. The predicted octanol–water partition coefficient (Wildman–Crippen LogP) is 11.0. The van der Waals surface area contributed by atoms with Crippen LogP contribution in [0.25, 0.3) is 0 Å². The van der Waals surface area contributed by atoms with Gasteiger partial charge in [0.25, 0.3) is 0 Å². The highest BCUT2D eigenvalue weighted by molar-refractivity contribution is 5.69. The van der Waals surface area contributed by atoms with Gasteiger partial charge in [-0.3, -0.25) is 14.4 Å². The van der Waals surface area contributed by atoms with E-state index >= 15 is 0 Å². The second kappa shape index (κ2) is 37.2. The molecule has 0 saturated carbocycles. The van der Waals surface area contributed by atoms with E-state index in [1.807, 2.05) is 21.1 Å². The number of rotatable bonds is 40. The van der Waals surface area contributed by atoms with Gasteiger partial charge in [0.15, 0.2) is 6.10 Å². The summed E-state index contributed by atoms with van der Waals surface area (Å²) >= 11 is 0. The molecule has 9 heteroatoms. The highest BCUT2D eigenvalue weighted by Crippen LogP contribution is 2.15. The number of hydrogen-bond acceptors (Lipinski definition) is 8. The van der Waals surface area contributed by atoms with E-state index in [1.165, 1.54) is 135 Å². The summed E-state index contributed by atoms with van der Waals surface area (Å²) in [6.07, 6.45) is 32.2. The highest BCUT2D eigenvalue weighted by atomic mass is 16.7. The van der Waals surface area contributed by atoms with Crippen molar-refractivity contribution in [1.29, 1.82) is 0 Å². The van der Waals surface area contributed by atoms with Crippen LogP contribution >= 0.6 is 0 Å². The van der Waals surface area contributed by atoms with Crippen molar-refractivity contribution in [3.63, 3.8) is 0 Å². The zero-order valence-corrected chi connectivity index (χ0v) is 35.7. The molecule has 9 nitrogen and oxygen atoms in total. The van der Waals surface area contributed by atoms with Crippen LogP contribution in [0.5, 0.6) is 0 Å². The first-order chi connectivity index (χ1) is 25.6. The molecule has 0 amide bonds. The normalized spacial score (nSPS) is 12.3. The lowest BCUT2D eigenvalue weighted by atomic mass is 10.0. The minimum absolute atomic E-state index is 0.0150. The van der Waals surface area contributed by atoms with Gasteiger partial charge in [-0.15, -0.1) is 0 Å². The first kappa shape index (κ1) is 51.3. The summed E-state index contributed by atoms with van der Waals surface area (Å²) in [6, 6.07) is 0. The lowest BCUT2D eigenvalue weighted by Crippen LogP contribution is -2.44. The number of ether oxygens (including phenoxy) is 5.